The fourth-order valence-electron chi connectivity index (χ4n) is 3.94. The highest BCUT2D eigenvalue weighted by Crippen LogP contribution is 2.26. The first kappa shape index (κ1) is 23.4. The van der Waals surface area contributed by atoms with Crippen molar-refractivity contribution in [2.75, 3.05) is 31.5 Å². The summed E-state index contributed by atoms with van der Waals surface area (Å²) in [5, 5.41) is 8.15. The summed E-state index contributed by atoms with van der Waals surface area (Å²) in [6, 6.07) is 13.0. The number of fused-ring (bicyclic) bond motifs is 1. The Morgan fingerprint density at radius 1 is 1.14 bits per heavy atom. The summed E-state index contributed by atoms with van der Waals surface area (Å²) in [6.07, 6.45) is 0. The Labute approximate surface area is 209 Å². The monoisotopic (exact) mass is 512 g/mol. The van der Waals surface area contributed by atoms with Crippen molar-refractivity contribution in [2.45, 2.75) is 13.5 Å². The molecule has 180 valence electrons. The number of rotatable bonds is 4. The predicted molar refractivity (Wildman–Crippen MR) is 135 cm³/mol. The number of piperazine rings is 1. The van der Waals surface area contributed by atoms with E-state index in [9.17, 15) is 14.0 Å². The van der Waals surface area contributed by atoms with Crippen molar-refractivity contribution in [2.24, 2.45) is 0 Å². The molecule has 2 amide bonds. The molecule has 35 heavy (non-hydrogen) atoms. The lowest BCUT2D eigenvalue weighted by atomic mass is 10.2. The van der Waals surface area contributed by atoms with E-state index in [1.54, 1.807) is 35.2 Å². The van der Waals surface area contributed by atoms with Crippen LogP contribution in [0.3, 0.4) is 0 Å². The van der Waals surface area contributed by atoms with Crippen LogP contribution in [0.4, 0.5) is 14.9 Å². The minimum absolute atomic E-state index is 0.168. The second kappa shape index (κ2) is 9.73. The zero-order valence-electron chi connectivity index (χ0n) is 18.9. The first-order valence-electron chi connectivity index (χ1n) is 11.1. The van der Waals surface area contributed by atoms with Crippen LogP contribution in [0.5, 0.6) is 0 Å². The molecule has 2 aromatic heterocycles. The van der Waals surface area contributed by atoms with Gasteiger partial charge in [0.05, 0.1) is 5.69 Å². The second-order valence-corrected chi connectivity index (χ2v) is 9.71. The second-order valence-electron chi connectivity index (χ2n) is 8.32. The van der Waals surface area contributed by atoms with Crippen LogP contribution in [-0.4, -0.2) is 56.6 Å². The lowest BCUT2D eigenvalue weighted by molar-refractivity contribution is 0.142. The van der Waals surface area contributed by atoms with Gasteiger partial charge < -0.3 is 10.2 Å². The summed E-state index contributed by atoms with van der Waals surface area (Å²) in [6.45, 7) is 4.77. The lowest BCUT2D eigenvalue weighted by Gasteiger charge is -2.34. The molecule has 1 N–H and O–H groups in total. The Morgan fingerprint density at radius 3 is 2.69 bits per heavy atom. The standard InChI is InChI=1S/C24H22ClFN6O2S/c1-15-6-7-16(25)12-20(15)28-23(34)31-10-8-30(9-11-31)14-17-13-21(33)32-24(27-17)35-22(29-32)18-4-2-3-5-19(18)26/h2-7,12-13H,8-11,14H2,1H3,(H,28,34). The van der Waals surface area contributed by atoms with Crippen LogP contribution in [-0.2, 0) is 6.54 Å². The minimum atomic E-state index is -0.396. The van der Waals surface area contributed by atoms with Gasteiger partial charge in [0.1, 0.15) is 5.82 Å². The lowest BCUT2D eigenvalue weighted by Crippen LogP contribution is -2.49. The highest BCUT2D eigenvalue weighted by molar-refractivity contribution is 7.19. The molecule has 0 radical (unpaired) electrons. The summed E-state index contributed by atoms with van der Waals surface area (Å²) in [7, 11) is 0. The van der Waals surface area contributed by atoms with Crippen LogP contribution in [0.25, 0.3) is 15.5 Å². The van der Waals surface area contributed by atoms with Crippen LogP contribution in [0.1, 0.15) is 11.3 Å². The van der Waals surface area contributed by atoms with Crippen molar-refractivity contribution in [3.05, 3.63) is 81.0 Å². The summed E-state index contributed by atoms with van der Waals surface area (Å²) < 4.78 is 15.4. The number of urea groups is 1. The molecule has 1 fully saturated rings. The average Bonchev–Trinajstić information content (AvgIpc) is 3.27. The van der Waals surface area contributed by atoms with Gasteiger partial charge >= 0.3 is 6.03 Å². The number of carbonyl (C=O) groups is 1. The van der Waals surface area contributed by atoms with E-state index in [0.717, 1.165) is 5.56 Å². The van der Waals surface area contributed by atoms with Gasteiger partial charge in [0.25, 0.3) is 5.56 Å². The molecule has 0 spiro atoms. The number of halogens is 2. The molecular weight excluding hydrogens is 491 g/mol. The Hall–Kier alpha value is -3.34. The van der Waals surface area contributed by atoms with Gasteiger partial charge in [-0.2, -0.15) is 9.61 Å². The van der Waals surface area contributed by atoms with E-state index in [1.807, 2.05) is 13.0 Å². The van der Waals surface area contributed by atoms with Crippen molar-refractivity contribution in [1.29, 1.82) is 0 Å². The molecule has 1 aliphatic heterocycles. The zero-order valence-corrected chi connectivity index (χ0v) is 20.4. The van der Waals surface area contributed by atoms with E-state index < -0.39 is 5.82 Å². The maximum absolute atomic E-state index is 14.2. The van der Waals surface area contributed by atoms with Gasteiger partial charge in [-0.3, -0.25) is 9.69 Å². The van der Waals surface area contributed by atoms with Gasteiger partial charge in [0, 0.05) is 55.1 Å². The molecule has 0 aliphatic carbocycles. The summed E-state index contributed by atoms with van der Waals surface area (Å²) in [5.41, 5.74) is 2.29. The molecule has 0 atom stereocenters. The Morgan fingerprint density at radius 2 is 1.91 bits per heavy atom. The topological polar surface area (TPSA) is 82.8 Å². The van der Waals surface area contributed by atoms with Crippen LogP contribution in [0, 0.1) is 12.7 Å². The third-order valence-corrected chi connectivity index (χ3v) is 7.07. The van der Waals surface area contributed by atoms with Gasteiger partial charge in [-0.15, -0.1) is 0 Å². The van der Waals surface area contributed by atoms with Gasteiger partial charge in [-0.25, -0.2) is 14.2 Å². The molecule has 4 aromatic rings. The summed E-state index contributed by atoms with van der Waals surface area (Å²) in [4.78, 5) is 34.2. The Bertz CT molecular complexity index is 1460. The first-order chi connectivity index (χ1) is 16.9. The molecule has 11 heteroatoms. The fourth-order valence-corrected chi connectivity index (χ4v) is 5.07. The average molecular weight is 513 g/mol. The molecule has 0 saturated carbocycles. The van der Waals surface area contributed by atoms with Crippen molar-refractivity contribution < 1.29 is 9.18 Å². The van der Waals surface area contributed by atoms with Crippen LogP contribution < -0.4 is 10.9 Å². The maximum atomic E-state index is 14.2. The number of hydrogen-bond acceptors (Lipinski definition) is 6. The molecule has 0 bridgehead atoms. The molecular formula is C24H22ClFN6O2S. The van der Waals surface area contributed by atoms with E-state index in [-0.39, 0.29) is 11.6 Å². The van der Waals surface area contributed by atoms with Crippen molar-refractivity contribution in [1.82, 2.24) is 24.4 Å². The summed E-state index contributed by atoms with van der Waals surface area (Å²) in [5.74, 6) is -0.396. The van der Waals surface area contributed by atoms with E-state index in [1.165, 1.54) is 28.0 Å². The number of aromatic nitrogens is 3. The predicted octanol–water partition coefficient (Wildman–Crippen LogP) is 4.27. The number of nitrogens with zero attached hydrogens (tertiary/aromatic N) is 5. The van der Waals surface area contributed by atoms with Crippen LogP contribution >= 0.6 is 22.9 Å². The normalized spacial score (nSPS) is 14.4. The third-order valence-electron chi connectivity index (χ3n) is 5.89. The SMILES string of the molecule is Cc1ccc(Cl)cc1NC(=O)N1CCN(Cc2cc(=O)n3nc(-c4ccccc4F)sc3n2)CC1. The number of anilines is 1. The Balaban J connectivity index is 1.24. The number of benzene rings is 2. The number of hydrogen-bond donors (Lipinski definition) is 1. The molecule has 1 saturated heterocycles. The highest BCUT2D eigenvalue weighted by atomic mass is 35.5. The van der Waals surface area contributed by atoms with Crippen molar-refractivity contribution in [3.63, 3.8) is 0 Å². The molecule has 8 nitrogen and oxygen atoms in total. The van der Waals surface area contributed by atoms with E-state index in [2.05, 4.69) is 20.3 Å². The molecule has 2 aromatic carbocycles. The fraction of sp³-hybridized carbons (Fsp3) is 0.250. The van der Waals surface area contributed by atoms with Crippen LogP contribution in [0.2, 0.25) is 5.02 Å². The van der Waals surface area contributed by atoms with Gasteiger partial charge in [-0.05, 0) is 36.8 Å². The number of nitrogens with one attached hydrogen (secondary N) is 1. The van der Waals surface area contributed by atoms with Crippen LogP contribution in [0.15, 0.2) is 53.3 Å². The van der Waals surface area contributed by atoms with Gasteiger partial charge in [0.2, 0.25) is 4.96 Å². The number of carbonyl (C=O) groups excluding carboxylic acids is 1. The van der Waals surface area contributed by atoms with E-state index in [0.29, 0.717) is 64.7 Å². The van der Waals surface area contributed by atoms with E-state index in [4.69, 9.17) is 11.6 Å². The molecule has 3 heterocycles. The molecule has 1 aliphatic rings. The largest absolute Gasteiger partial charge is 0.322 e. The first-order valence-corrected chi connectivity index (χ1v) is 12.3. The number of aryl methyl sites for hydroxylation is 1. The van der Waals surface area contributed by atoms with Crippen molar-refractivity contribution >= 4 is 39.6 Å². The third kappa shape index (κ3) is 5.04. The molecule has 5 rings (SSSR count). The summed E-state index contributed by atoms with van der Waals surface area (Å²) >= 11 is 7.22. The quantitative estimate of drug-likeness (QED) is 0.441. The minimum Gasteiger partial charge on any atom is -0.322 e. The Kier molecular flexibility index (Phi) is 6.50. The zero-order chi connectivity index (χ0) is 24.5. The number of amides is 2. The highest BCUT2D eigenvalue weighted by Gasteiger charge is 2.22. The molecule has 0 unspecified atom stereocenters. The van der Waals surface area contributed by atoms with E-state index >= 15 is 0 Å². The van der Waals surface area contributed by atoms with Gasteiger partial charge in [0.15, 0.2) is 5.01 Å². The van der Waals surface area contributed by atoms with Gasteiger partial charge in [-0.1, -0.05) is 41.1 Å². The maximum Gasteiger partial charge on any atom is 0.321 e. The smallest absolute Gasteiger partial charge is 0.321 e. The van der Waals surface area contributed by atoms with Crippen molar-refractivity contribution in [3.8, 4) is 10.6 Å².